The third kappa shape index (κ3) is 3.82. The van der Waals surface area contributed by atoms with Gasteiger partial charge in [-0.05, 0) is 37.6 Å². The number of nitrogens with one attached hydrogen (secondary N) is 1. The zero-order valence-electron chi connectivity index (χ0n) is 11.1. The Morgan fingerprint density at radius 3 is 2.80 bits per heavy atom. The van der Waals surface area contributed by atoms with E-state index in [2.05, 4.69) is 10.4 Å². The Labute approximate surface area is 122 Å². The lowest BCUT2D eigenvalue weighted by Gasteiger charge is -2.05. The van der Waals surface area contributed by atoms with Crippen LogP contribution in [0.15, 0.2) is 36.7 Å². The van der Waals surface area contributed by atoms with Crippen LogP contribution in [-0.4, -0.2) is 33.4 Å². The average molecular weight is 294 g/mol. The van der Waals surface area contributed by atoms with E-state index in [1.165, 1.54) is 6.20 Å². The van der Waals surface area contributed by atoms with E-state index in [-0.39, 0.29) is 5.91 Å². The Bertz CT molecular complexity index is 578. The number of carbonyl (C=O) groups excluding carboxylic acids is 1. The van der Waals surface area contributed by atoms with Crippen molar-refractivity contribution >= 4 is 17.5 Å². The highest BCUT2D eigenvalue weighted by Crippen LogP contribution is 2.13. The van der Waals surface area contributed by atoms with Crippen LogP contribution in [0, 0.1) is 0 Å². The van der Waals surface area contributed by atoms with Gasteiger partial charge in [-0.1, -0.05) is 11.6 Å². The first kappa shape index (κ1) is 14.6. The fraction of sp³-hybridized carbons (Fsp3) is 0.286. The lowest BCUT2D eigenvalue weighted by Crippen LogP contribution is -2.26. The molecule has 1 aromatic carbocycles. The molecule has 1 heterocycles. The summed E-state index contributed by atoms with van der Waals surface area (Å²) in [4.78, 5) is 11.9. The van der Waals surface area contributed by atoms with Crippen LogP contribution in [0.25, 0.3) is 5.69 Å². The molecule has 0 saturated carbocycles. The average Bonchev–Trinajstić information content (AvgIpc) is 2.88. The van der Waals surface area contributed by atoms with Crippen molar-refractivity contribution in [1.29, 1.82) is 0 Å². The Morgan fingerprint density at radius 1 is 1.45 bits per heavy atom. The first-order valence-electron chi connectivity index (χ1n) is 6.33. The molecule has 2 aromatic rings. The molecule has 1 atom stereocenters. The summed E-state index contributed by atoms with van der Waals surface area (Å²) in [6.45, 7) is 2.12. The molecule has 0 aliphatic rings. The summed E-state index contributed by atoms with van der Waals surface area (Å²) in [5.41, 5.74) is 1.31. The summed E-state index contributed by atoms with van der Waals surface area (Å²) in [7, 11) is 0. The molecule has 5 nitrogen and oxygen atoms in total. The summed E-state index contributed by atoms with van der Waals surface area (Å²) in [6.07, 6.45) is 3.26. The number of halogens is 1. The number of hydrogen-bond acceptors (Lipinski definition) is 3. The van der Waals surface area contributed by atoms with Crippen LogP contribution in [0.1, 0.15) is 23.7 Å². The molecular formula is C14H16ClN3O2. The molecular weight excluding hydrogens is 278 g/mol. The molecule has 1 amide bonds. The van der Waals surface area contributed by atoms with E-state index in [1.54, 1.807) is 29.9 Å². The predicted octanol–water partition coefficient (Wildman–Crippen LogP) is 2.03. The largest absolute Gasteiger partial charge is 0.393 e. The van der Waals surface area contributed by atoms with Gasteiger partial charge in [-0.3, -0.25) is 4.79 Å². The van der Waals surface area contributed by atoms with Crippen molar-refractivity contribution in [1.82, 2.24) is 15.1 Å². The van der Waals surface area contributed by atoms with Gasteiger partial charge in [-0.2, -0.15) is 5.10 Å². The number of aliphatic hydroxyl groups is 1. The maximum atomic E-state index is 11.9. The quantitative estimate of drug-likeness (QED) is 0.886. The predicted molar refractivity (Wildman–Crippen MR) is 77.2 cm³/mol. The van der Waals surface area contributed by atoms with Crippen LogP contribution in [0.2, 0.25) is 5.02 Å². The van der Waals surface area contributed by atoms with Crippen LogP contribution in [0.4, 0.5) is 0 Å². The van der Waals surface area contributed by atoms with Crippen LogP contribution in [0.3, 0.4) is 0 Å². The van der Waals surface area contributed by atoms with Gasteiger partial charge in [-0.25, -0.2) is 4.68 Å². The van der Waals surface area contributed by atoms with Crippen LogP contribution in [-0.2, 0) is 0 Å². The minimum atomic E-state index is -0.424. The minimum Gasteiger partial charge on any atom is -0.393 e. The molecule has 106 valence electrons. The SMILES string of the molecule is CC(O)CCNC(=O)c1cnn(-c2ccc(Cl)cc2)c1. The van der Waals surface area contributed by atoms with Crippen molar-refractivity contribution in [3.05, 3.63) is 47.2 Å². The zero-order valence-corrected chi connectivity index (χ0v) is 11.8. The van der Waals surface area contributed by atoms with E-state index in [9.17, 15) is 4.79 Å². The molecule has 0 saturated heterocycles. The summed E-state index contributed by atoms with van der Waals surface area (Å²) in [5, 5.41) is 16.7. The Kier molecular flexibility index (Phi) is 4.76. The summed E-state index contributed by atoms with van der Waals surface area (Å²) < 4.78 is 1.61. The Balaban J connectivity index is 2.01. The second-order valence-corrected chi connectivity index (χ2v) is 4.98. The van der Waals surface area contributed by atoms with E-state index in [0.29, 0.717) is 23.6 Å². The topological polar surface area (TPSA) is 67.2 Å². The second-order valence-electron chi connectivity index (χ2n) is 4.54. The lowest BCUT2D eigenvalue weighted by atomic mass is 10.2. The maximum absolute atomic E-state index is 11.9. The molecule has 0 fully saturated rings. The molecule has 6 heteroatoms. The third-order valence-electron chi connectivity index (χ3n) is 2.78. The Morgan fingerprint density at radius 2 is 2.15 bits per heavy atom. The molecule has 0 aliphatic carbocycles. The summed E-state index contributed by atoms with van der Waals surface area (Å²) >= 11 is 5.82. The van der Waals surface area contributed by atoms with E-state index in [1.807, 2.05) is 12.1 Å². The number of nitrogens with zero attached hydrogens (tertiary/aromatic N) is 2. The monoisotopic (exact) mass is 293 g/mol. The first-order valence-corrected chi connectivity index (χ1v) is 6.71. The molecule has 0 aliphatic heterocycles. The van der Waals surface area contributed by atoms with Gasteiger partial charge in [-0.15, -0.1) is 0 Å². The van der Waals surface area contributed by atoms with Crippen molar-refractivity contribution < 1.29 is 9.90 Å². The minimum absolute atomic E-state index is 0.203. The summed E-state index contributed by atoms with van der Waals surface area (Å²) in [5.74, 6) is -0.203. The van der Waals surface area contributed by atoms with Gasteiger partial charge in [0.2, 0.25) is 0 Å². The van der Waals surface area contributed by atoms with E-state index in [0.717, 1.165) is 5.69 Å². The van der Waals surface area contributed by atoms with E-state index < -0.39 is 6.10 Å². The van der Waals surface area contributed by atoms with Crippen molar-refractivity contribution in [3.63, 3.8) is 0 Å². The highest BCUT2D eigenvalue weighted by molar-refractivity contribution is 6.30. The highest BCUT2D eigenvalue weighted by atomic mass is 35.5. The number of rotatable bonds is 5. The van der Waals surface area contributed by atoms with Crippen LogP contribution in [0.5, 0.6) is 0 Å². The normalized spacial score (nSPS) is 12.2. The smallest absolute Gasteiger partial charge is 0.254 e. The second kappa shape index (κ2) is 6.54. The first-order chi connectivity index (χ1) is 9.56. The van der Waals surface area contributed by atoms with E-state index >= 15 is 0 Å². The van der Waals surface area contributed by atoms with Crippen molar-refractivity contribution in [3.8, 4) is 5.69 Å². The Hall–Kier alpha value is -1.85. The van der Waals surface area contributed by atoms with Crippen LogP contribution >= 0.6 is 11.6 Å². The van der Waals surface area contributed by atoms with Gasteiger partial charge in [0.1, 0.15) is 0 Å². The van der Waals surface area contributed by atoms with Crippen molar-refractivity contribution in [2.75, 3.05) is 6.54 Å². The fourth-order valence-corrected chi connectivity index (χ4v) is 1.80. The maximum Gasteiger partial charge on any atom is 0.254 e. The van der Waals surface area contributed by atoms with E-state index in [4.69, 9.17) is 16.7 Å². The number of benzene rings is 1. The zero-order chi connectivity index (χ0) is 14.5. The van der Waals surface area contributed by atoms with Gasteiger partial charge >= 0.3 is 0 Å². The van der Waals surface area contributed by atoms with Crippen molar-refractivity contribution in [2.24, 2.45) is 0 Å². The van der Waals surface area contributed by atoms with Gasteiger partial charge < -0.3 is 10.4 Å². The molecule has 1 unspecified atom stereocenters. The number of aromatic nitrogens is 2. The molecule has 0 bridgehead atoms. The van der Waals surface area contributed by atoms with Crippen molar-refractivity contribution in [2.45, 2.75) is 19.4 Å². The third-order valence-corrected chi connectivity index (χ3v) is 3.04. The standard InChI is InChI=1S/C14H16ClN3O2/c1-10(19)6-7-16-14(20)11-8-17-18(9-11)13-4-2-12(15)3-5-13/h2-5,8-10,19H,6-7H2,1H3,(H,16,20). The molecule has 0 spiro atoms. The molecule has 20 heavy (non-hydrogen) atoms. The summed E-state index contributed by atoms with van der Waals surface area (Å²) in [6, 6.07) is 7.18. The van der Waals surface area contributed by atoms with Crippen LogP contribution < -0.4 is 5.32 Å². The number of amides is 1. The number of carbonyl (C=O) groups is 1. The number of aliphatic hydroxyl groups excluding tert-OH is 1. The van der Waals surface area contributed by atoms with Gasteiger partial charge in [0.25, 0.3) is 5.91 Å². The molecule has 0 radical (unpaired) electrons. The molecule has 2 rings (SSSR count). The van der Waals surface area contributed by atoms with Gasteiger partial charge in [0, 0.05) is 17.8 Å². The number of hydrogen-bond donors (Lipinski definition) is 2. The molecule has 1 aromatic heterocycles. The van der Waals surface area contributed by atoms with Gasteiger partial charge in [0.15, 0.2) is 0 Å². The lowest BCUT2D eigenvalue weighted by molar-refractivity contribution is 0.0945. The highest BCUT2D eigenvalue weighted by Gasteiger charge is 2.09. The van der Waals surface area contributed by atoms with Gasteiger partial charge in [0.05, 0.1) is 23.6 Å². The molecule has 2 N–H and O–H groups in total. The fourth-order valence-electron chi connectivity index (χ4n) is 1.67.